The molecule has 2 heteroatoms. The molecule has 0 unspecified atom stereocenters. The maximum absolute atomic E-state index is 5.34. The van der Waals surface area contributed by atoms with E-state index in [2.05, 4.69) is 32.9 Å². The van der Waals surface area contributed by atoms with Gasteiger partial charge in [0, 0.05) is 13.7 Å². The zero-order chi connectivity index (χ0) is 14.5. The van der Waals surface area contributed by atoms with Gasteiger partial charge in [0.05, 0.1) is 7.11 Å². The summed E-state index contributed by atoms with van der Waals surface area (Å²) in [6.45, 7) is 7.48. The van der Waals surface area contributed by atoms with Crippen molar-refractivity contribution in [1.29, 1.82) is 0 Å². The minimum atomic E-state index is 0.784. The highest BCUT2D eigenvalue weighted by atomic mass is 16.5. The Morgan fingerprint density at radius 3 is 2.05 bits per heavy atom. The number of benzene rings is 1. The molecule has 0 bridgehead atoms. The zero-order valence-electron chi connectivity index (χ0n) is 13.2. The Kier molecular flexibility index (Phi) is 11.4. The lowest BCUT2D eigenvalue weighted by atomic mass is 9.94. The van der Waals surface area contributed by atoms with Crippen LogP contribution in [0.5, 0.6) is 5.75 Å². The molecule has 0 saturated heterocycles. The van der Waals surface area contributed by atoms with Crippen LogP contribution < -0.4 is 4.74 Å². The van der Waals surface area contributed by atoms with Gasteiger partial charge in [0.25, 0.3) is 0 Å². The normalized spacial score (nSPS) is 10.0. The van der Waals surface area contributed by atoms with Crippen LogP contribution in [0.15, 0.2) is 24.3 Å². The van der Waals surface area contributed by atoms with E-state index in [1.54, 1.807) is 14.2 Å². The fraction of sp³-hybridized carbons (Fsp3) is 0.647. The molecule has 0 radical (unpaired) electrons. The molecule has 1 aromatic rings. The van der Waals surface area contributed by atoms with Gasteiger partial charge in [0.2, 0.25) is 0 Å². The lowest BCUT2D eigenvalue weighted by molar-refractivity contribution is 0.199. The predicted octanol–water partition coefficient (Wildman–Crippen LogP) is 4.72. The van der Waals surface area contributed by atoms with Gasteiger partial charge in [-0.15, -0.1) is 0 Å². The van der Waals surface area contributed by atoms with Gasteiger partial charge in [-0.1, -0.05) is 51.8 Å². The molecule has 0 aliphatic rings. The fourth-order valence-corrected chi connectivity index (χ4v) is 1.96. The zero-order valence-corrected chi connectivity index (χ0v) is 13.2. The Labute approximate surface area is 119 Å². The van der Waals surface area contributed by atoms with Gasteiger partial charge in [-0.3, -0.25) is 0 Å². The third kappa shape index (κ3) is 7.89. The van der Waals surface area contributed by atoms with Crippen molar-refractivity contribution in [3.8, 4) is 5.75 Å². The largest absolute Gasteiger partial charge is 0.496 e. The number of methoxy groups -OCH3 is 2. The second kappa shape index (κ2) is 12.0. The van der Waals surface area contributed by atoms with Gasteiger partial charge < -0.3 is 9.47 Å². The molecule has 0 amide bonds. The first-order chi connectivity index (χ1) is 9.23. The molecule has 1 rings (SSSR count). The maximum atomic E-state index is 5.34. The van der Waals surface area contributed by atoms with Crippen LogP contribution in [-0.2, 0) is 11.2 Å². The Hall–Kier alpha value is -1.02. The maximum Gasteiger partial charge on any atom is 0.122 e. The number of rotatable bonds is 7. The Bertz CT molecular complexity index is 304. The summed E-state index contributed by atoms with van der Waals surface area (Å²) in [7, 11) is 3.45. The Balaban J connectivity index is 0.000000555. The van der Waals surface area contributed by atoms with E-state index < -0.39 is 0 Å². The molecular weight excluding hydrogens is 236 g/mol. The Morgan fingerprint density at radius 2 is 1.63 bits per heavy atom. The third-order valence-electron chi connectivity index (χ3n) is 3.26. The third-order valence-corrected chi connectivity index (χ3v) is 3.26. The van der Waals surface area contributed by atoms with Gasteiger partial charge >= 0.3 is 0 Å². The lowest BCUT2D eigenvalue weighted by Gasteiger charge is -2.14. The molecule has 19 heavy (non-hydrogen) atoms. The van der Waals surface area contributed by atoms with Crippen molar-refractivity contribution in [2.75, 3.05) is 20.8 Å². The molecule has 0 spiro atoms. The highest BCUT2D eigenvalue weighted by Gasteiger charge is 2.08. The molecule has 110 valence electrons. The molecule has 2 nitrogen and oxygen atoms in total. The summed E-state index contributed by atoms with van der Waals surface area (Å²) in [5.74, 6) is 1.81. The second-order valence-corrected chi connectivity index (χ2v) is 4.69. The van der Waals surface area contributed by atoms with E-state index in [4.69, 9.17) is 9.47 Å². The number of para-hydroxylation sites is 1. The summed E-state index contributed by atoms with van der Waals surface area (Å²) in [5.41, 5.74) is 1.34. The highest BCUT2D eigenvalue weighted by Crippen LogP contribution is 2.23. The van der Waals surface area contributed by atoms with Gasteiger partial charge in [-0.25, -0.2) is 0 Å². The first-order valence-corrected chi connectivity index (χ1v) is 7.34. The van der Waals surface area contributed by atoms with Crippen LogP contribution in [-0.4, -0.2) is 20.8 Å². The van der Waals surface area contributed by atoms with Crippen LogP contribution in [0, 0.1) is 5.92 Å². The van der Waals surface area contributed by atoms with Crippen LogP contribution in [0.2, 0.25) is 0 Å². The van der Waals surface area contributed by atoms with E-state index in [1.165, 1.54) is 18.4 Å². The predicted molar refractivity (Wildman–Crippen MR) is 82.9 cm³/mol. The summed E-state index contributed by atoms with van der Waals surface area (Å²) < 4.78 is 10.0. The van der Waals surface area contributed by atoms with Gasteiger partial charge in [-0.05, 0) is 30.4 Å². The summed E-state index contributed by atoms with van der Waals surface area (Å²) in [6.07, 6.45) is 4.75. The molecule has 0 aromatic heterocycles. The monoisotopic (exact) mass is 266 g/mol. The highest BCUT2D eigenvalue weighted by molar-refractivity contribution is 5.33. The Morgan fingerprint density at radius 1 is 1.00 bits per heavy atom. The van der Waals surface area contributed by atoms with E-state index in [-0.39, 0.29) is 0 Å². The average molecular weight is 266 g/mol. The molecular formula is C17H30O2. The van der Waals surface area contributed by atoms with Crippen molar-refractivity contribution in [1.82, 2.24) is 0 Å². The minimum Gasteiger partial charge on any atom is -0.496 e. The molecule has 0 aliphatic carbocycles. The van der Waals surface area contributed by atoms with Crippen LogP contribution >= 0.6 is 0 Å². The van der Waals surface area contributed by atoms with E-state index >= 15 is 0 Å². The van der Waals surface area contributed by atoms with Crippen LogP contribution in [0.3, 0.4) is 0 Å². The summed E-state index contributed by atoms with van der Waals surface area (Å²) in [6, 6.07) is 8.31. The molecule has 0 fully saturated rings. The van der Waals surface area contributed by atoms with E-state index in [1.807, 2.05) is 12.1 Å². The summed E-state index contributed by atoms with van der Waals surface area (Å²) >= 11 is 0. The van der Waals surface area contributed by atoms with Gasteiger partial charge in [-0.2, -0.15) is 0 Å². The van der Waals surface area contributed by atoms with E-state index in [0.717, 1.165) is 31.1 Å². The molecule has 0 N–H and O–H groups in total. The minimum absolute atomic E-state index is 0.784. The number of hydrogen-bond donors (Lipinski definition) is 0. The van der Waals surface area contributed by atoms with Crippen LogP contribution in [0.1, 0.15) is 45.6 Å². The standard InChI is InChI=1S/C13H20O.C4H10O/c1-4-11(5-2)10-12-8-6-7-9-13(12)14-3;1-3-4-5-2/h6-9,11H,4-5,10H2,1-3H3;3-4H2,1-2H3. The molecule has 0 aliphatic heterocycles. The molecule has 0 atom stereocenters. The average Bonchev–Trinajstić information content (AvgIpc) is 2.46. The van der Waals surface area contributed by atoms with Crippen molar-refractivity contribution in [3.63, 3.8) is 0 Å². The SMILES string of the molecule is CCC(CC)Cc1ccccc1OC.CCCOC. The first kappa shape index (κ1) is 18.0. The molecule has 1 aromatic carbocycles. The van der Waals surface area contributed by atoms with Crippen molar-refractivity contribution < 1.29 is 9.47 Å². The number of hydrogen-bond acceptors (Lipinski definition) is 2. The topological polar surface area (TPSA) is 18.5 Å². The van der Waals surface area contributed by atoms with E-state index in [9.17, 15) is 0 Å². The van der Waals surface area contributed by atoms with Crippen molar-refractivity contribution in [2.45, 2.75) is 46.5 Å². The van der Waals surface area contributed by atoms with Crippen molar-refractivity contribution in [3.05, 3.63) is 29.8 Å². The summed E-state index contributed by atoms with van der Waals surface area (Å²) in [5, 5.41) is 0. The summed E-state index contributed by atoms with van der Waals surface area (Å²) in [4.78, 5) is 0. The lowest BCUT2D eigenvalue weighted by Crippen LogP contribution is -2.03. The molecule has 0 heterocycles. The fourth-order valence-electron chi connectivity index (χ4n) is 1.96. The van der Waals surface area contributed by atoms with Crippen LogP contribution in [0.4, 0.5) is 0 Å². The first-order valence-electron chi connectivity index (χ1n) is 7.34. The quantitative estimate of drug-likeness (QED) is 0.711. The molecule has 0 saturated carbocycles. The van der Waals surface area contributed by atoms with Crippen LogP contribution in [0.25, 0.3) is 0 Å². The van der Waals surface area contributed by atoms with Crippen molar-refractivity contribution >= 4 is 0 Å². The smallest absolute Gasteiger partial charge is 0.122 e. The van der Waals surface area contributed by atoms with Crippen molar-refractivity contribution in [2.24, 2.45) is 5.92 Å². The van der Waals surface area contributed by atoms with E-state index in [0.29, 0.717) is 0 Å². The van der Waals surface area contributed by atoms with Gasteiger partial charge in [0.15, 0.2) is 0 Å². The number of ether oxygens (including phenoxy) is 2. The second-order valence-electron chi connectivity index (χ2n) is 4.69. The van der Waals surface area contributed by atoms with Gasteiger partial charge in [0.1, 0.15) is 5.75 Å².